The molecule has 1 aromatic carbocycles. The number of hydrogen-bond donors (Lipinski definition) is 2. The molecule has 0 aromatic heterocycles. The van der Waals surface area contributed by atoms with Gasteiger partial charge in [0.1, 0.15) is 0 Å². The summed E-state index contributed by atoms with van der Waals surface area (Å²) in [5.74, 6) is -0.846. The molecule has 0 spiro atoms. The number of nitrogens with zero attached hydrogens (tertiary/aromatic N) is 1. The fraction of sp³-hybridized carbons (Fsp3) is 0.462. The monoisotopic (exact) mass is 234 g/mol. The van der Waals surface area contributed by atoms with Crippen molar-refractivity contribution in [3.63, 3.8) is 0 Å². The van der Waals surface area contributed by atoms with Crippen LogP contribution in [0.3, 0.4) is 0 Å². The van der Waals surface area contributed by atoms with E-state index in [1.165, 1.54) is 0 Å². The molecule has 0 amide bonds. The van der Waals surface area contributed by atoms with Crippen molar-refractivity contribution in [2.24, 2.45) is 0 Å². The van der Waals surface area contributed by atoms with Gasteiger partial charge >= 0.3 is 5.97 Å². The fourth-order valence-electron chi connectivity index (χ4n) is 2.18. The van der Waals surface area contributed by atoms with Gasteiger partial charge in [0.2, 0.25) is 0 Å². The van der Waals surface area contributed by atoms with E-state index in [2.05, 4.69) is 10.2 Å². The molecular formula is C13H18N2O2. The Kier molecular flexibility index (Phi) is 3.64. The second kappa shape index (κ2) is 5.19. The summed E-state index contributed by atoms with van der Waals surface area (Å²) in [6.45, 7) is 5.61. The van der Waals surface area contributed by atoms with Crippen LogP contribution in [0.4, 0.5) is 5.69 Å². The van der Waals surface area contributed by atoms with E-state index in [1.807, 2.05) is 19.1 Å². The molecule has 2 N–H and O–H groups in total. The number of benzene rings is 1. The number of hydrogen-bond acceptors (Lipinski definition) is 3. The summed E-state index contributed by atoms with van der Waals surface area (Å²) in [7, 11) is 0. The van der Waals surface area contributed by atoms with Crippen LogP contribution < -0.4 is 10.2 Å². The third-order valence-electron chi connectivity index (χ3n) is 3.06. The molecule has 0 unspecified atom stereocenters. The van der Waals surface area contributed by atoms with Crippen LogP contribution in [0.1, 0.15) is 22.3 Å². The minimum Gasteiger partial charge on any atom is -0.478 e. The Morgan fingerprint density at radius 2 is 2.18 bits per heavy atom. The Morgan fingerprint density at radius 3 is 2.94 bits per heavy atom. The van der Waals surface area contributed by atoms with Gasteiger partial charge in [-0.2, -0.15) is 0 Å². The quantitative estimate of drug-likeness (QED) is 0.814. The van der Waals surface area contributed by atoms with Crippen LogP contribution in [-0.2, 0) is 0 Å². The van der Waals surface area contributed by atoms with Gasteiger partial charge in [-0.25, -0.2) is 4.79 Å². The van der Waals surface area contributed by atoms with Gasteiger partial charge in [-0.1, -0.05) is 11.6 Å². The second-order valence-corrected chi connectivity index (χ2v) is 4.42. The van der Waals surface area contributed by atoms with Crippen molar-refractivity contribution in [1.29, 1.82) is 0 Å². The molecule has 1 heterocycles. The van der Waals surface area contributed by atoms with Crippen LogP contribution in [0.5, 0.6) is 0 Å². The van der Waals surface area contributed by atoms with E-state index in [1.54, 1.807) is 6.07 Å². The number of rotatable bonds is 2. The lowest BCUT2D eigenvalue weighted by atomic mass is 10.1. The van der Waals surface area contributed by atoms with Gasteiger partial charge in [-0.05, 0) is 32.0 Å². The largest absolute Gasteiger partial charge is 0.478 e. The maximum Gasteiger partial charge on any atom is 0.337 e. The van der Waals surface area contributed by atoms with Crippen molar-refractivity contribution >= 4 is 11.7 Å². The summed E-state index contributed by atoms with van der Waals surface area (Å²) in [5.41, 5.74) is 2.23. The molecule has 92 valence electrons. The Balaban J connectivity index is 2.32. The Labute approximate surface area is 101 Å². The molecule has 1 saturated heterocycles. The second-order valence-electron chi connectivity index (χ2n) is 4.42. The molecule has 0 saturated carbocycles. The molecule has 4 nitrogen and oxygen atoms in total. The lowest BCUT2D eigenvalue weighted by molar-refractivity contribution is 0.0697. The zero-order valence-electron chi connectivity index (χ0n) is 10.1. The van der Waals surface area contributed by atoms with E-state index in [9.17, 15) is 9.90 Å². The van der Waals surface area contributed by atoms with Crippen LogP contribution in [0.25, 0.3) is 0 Å². The SMILES string of the molecule is Cc1ccc(N2CCCNCC2)c(C(=O)O)c1. The normalized spacial score (nSPS) is 16.6. The van der Waals surface area contributed by atoms with E-state index in [0.717, 1.165) is 43.9 Å². The first-order chi connectivity index (χ1) is 8.18. The highest BCUT2D eigenvalue weighted by Crippen LogP contribution is 2.22. The highest BCUT2D eigenvalue weighted by atomic mass is 16.4. The van der Waals surface area contributed by atoms with E-state index in [-0.39, 0.29) is 0 Å². The molecule has 17 heavy (non-hydrogen) atoms. The summed E-state index contributed by atoms with van der Waals surface area (Å²) < 4.78 is 0. The highest BCUT2D eigenvalue weighted by Gasteiger charge is 2.17. The summed E-state index contributed by atoms with van der Waals surface area (Å²) in [5, 5.41) is 12.6. The third-order valence-corrected chi connectivity index (χ3v) is 3.06. The molecule has 0 aliphatic carbocycles. The van der Waals surface area contributed by atoms with Crippen molar-refractivity contribution in [2.75, 3.05) is 31.1 Å². The van der Waals surface area contributed by atoms with Gasteiger partial charge in [-0.15, -0.1) is 0 Å². The summed E-state index contributed by atoms with van der Waals surface area (Å²) in [6.07, 6.45) is 1.05. The molecule has 0 atom stereocenters. The van der Waals surface area contributed by atoms with Crippen LogP contribution in [-0.4, -0.2) is 37.3 Å². The number of carboxylic acid groups (broad SMARTS) is 1. The van der Waals surface area contributed by atoms with Crippen molar-refractivity contribution < 1.29 is 9.90 Å². The van der Waals surface area contributed by atoms with Gasteiger partial charge in [0.25, 0.3) is 0 Å². The molecule has 0 bridgehead atoms. The first-order valence-electron chi connectivity index (χ1n) is 5.98. The Hall–Kier alpha value is -1.55. The number of aryl methyl sites for hydroxylation is 1. The van der Waals surface area contributed by atoms with Crippen molar-refractivity contribution in [1.82, 2.24) is 5.32 Å². The number of carbonyl (C=O) groups is 1. The summed E-state index contributed by atoms with van der Waals surface area (Å²) in [4.78, 5) is 13.4. The van der Waals surface area contributed by atoms with Gasteiger partial charge in [0.05, 0.1) is 11.3 Å². The predicted octanol–water partition coefficient (Wildman–Crippen LogP) is 1.49. The van der Waals surface area contributed by atoms with E-state index in [0.29, 0.717) is 5.56 Å². The number of carboxylic acids is 1. The van der Waals surface area contributed by atoms with E-state index >= 15 is 0 Å². The van der Waals surface area contributed by atoms with Crippen LogP contribution in [0.2, 0.25) is 0 Å². The molecule has 1 aromatic rings. The predicted molar refractivity (Wildman–Crippen MR) is 67.8 cm³/mol. The number of nitrogens with one attached hydrogen (secondary N) is 1. The lowest BCUT2D eigenvalue weighted by Crippen LogP contribution is -2.29. The van der Waals surface area contributed by atoms with Gasteiger partial charge in [-0.3, -0.25) is 0 Å². The van der Waals surface area contributed by atoms with Gasteiger partial charge in [0.15, 0.2) is 0 Å². The van der Waals surface area contributed by atoms with Crippen LogP contribution in [0, 0.1) is 6.92 Å². The average molecular weight is 234 g/mol. The Bertz CT molecular complexity index is 410. The maximum absolute atomic E-state index is 11.3. The van der Waals surface area contributed by atoms with Crippen molar-refractivity contribution in [3.8, 4) is 0 Å². The molecule has 2 rings (SSSR count). The zero-order valence-corrected chi connectivity index (χ0v) is 10.1. The van der Waals surface area contributed by atoms with Crippen molar-refractivity contribution in [2.45, 2.75) is 13.3 Å². The smallest absolute Gasteiger partial charge is 0.337 e. The first kappa shape index (κ1) is 11.9. The minimum atomic E-state index is -0.846. The molecule has 0 radical (unpaired) electrons. The lowest BCUT2D eigenvalue weighted by Gasteiger charge is -2.24. The number of aromatic carboxylic acids is 1. The Morgan fingerprint density at radius 1 is 1.35 bits per heavy atom. The molecule has 1 aliphatic heterocycles. The topological polar surface area (TPSA) is 52.6 Å². The van der Waals surface area contributed by atoms with Gasteiger partial charge < -0.3 is 15.3 Å². The summed E-state index contributed by atoms with van der Waals surface area (Å²) in [6, 6.07) is 5.64. The zero-order chi connectivity index (χ0) is 12.3. The number of anilines is 1. The third kappa shape index (κ3) is 2.77. The van der Waals surface area contributed by atoms with Crippen molar-refractivity contribution in [3.05, 3.63) is 29.3 Å². The molecule has 4 heteroatoms. The molecule has 1 fully saturated rings. The average Bonchev–Trinajstić information content (AvgIpc) is 2.57. The minimum absolute atomic E-state index is 0.409. The van der Waals surface area contributed by atoms with Crippen LogP contribution in [0.15, 0.2) is 18.2 Å². The van der Waals surface area contributed by atoms with Crippen LogP contribution >= 0.6 is 0 Å². The highest BCUT2D eigenvalue weighted by molar-refractivity contribution is 5.94. The summed E-state index contributed by atoms with van der Waals surface area (Å²) >= 11 is 0. The molecule has 1 aliphatic rings. The van der Waals surface area contributed by atoms with Gasteiger partial charge in [0, 0.05) is 19.6 Å². The van der Waals surface area contributed by atoms with E-state index in [4.69, 9.17) is 0 Å². The molecular weight excluding hydrogens is 216 g/mol. The van der Waals surface area contributed by atoms with E-state index < -0.39 is 5.97 Å². The first-order valence-corrected chi connectivity index (χ1v) is 5.98. The standard InChI is InChI=1S/C13H18N2O2/c1-10-3-4-12(11(9-10)13(16)17)15-7-2-5-14-6-8-15/h3-4,9,14H,2,5-8H2,1H3,(H,16,17). The maximum atomic E-state index is 11.3. The fourth-order valence-corrected chi connectivity index (χ4v) is 2.18.